The maximum atomic E-state index is 12.7. The molecule has 0 aromatic heterocycles. The lowest BCUT2D eigenvalue weighted by Crippen LogP contribution is -2.46. The van der Waals surface area contributed by atoms with Gasteiger partial charge in [-0.15, -0.1) is 0 Å². The van der Waals surface area contributed by atoms with Crippen LogP contribution in [0, 0.1) is 0 Å². The van der Waals surface area contributed by atoms with Gasteiger partial charge in [-0.3, -0.25) is 4.79 Å². The largest absolute Gasteiger partial charge is 0.326 e. The van der Waals surface area contributed by atoms with Crippen LogP contribution >= 0.6 is 23.2 Å². The van der Waals surface area contributed by atoms with E-state index < -0.39 is 10.0 Å². The third-order valence-corrected chi connectivity index (χ3v) is 7.37. The maximum absolute atomic E-state index is 12.7. The summed E-state index contributed by atoms with van der Waals surface area (Å²) in [5.41, 5.74) is 1.40. The Morgan fingerprint density at radius 2 is 1.69 bits per heavy atom. The second kappa shape index (κ2) is 9.45. The molecule has 0 bridgehead atoms. The van der Waals surface area contributed by atoms with Gasteiger partial charge in [0.15, 0.2) is 0 Å². The number of likely N-dealkylation sites (N-methyl/N-ethyl adjacent to an activating group) is 1. The number of rotatable bonds is 6. The summed E-state index contributed by atoms with van der Waals surface area (Å²) in [5, 5.41) is 3.87. The van der Waals surface area contributed by atoms with Gasteiger partial charge in [-0.05, 0) is 55.4 Å². The molecule has 6 nitrogen and oxygen atoms in total. The Balaban J connectivity index is 1.57. The quantitative estimate of drug-likeness (QED) is 0.723. The Morgan fingerprint density at radius 3 is 2.31 bits per heavy atom. The first-order chi connectivity index (χ1) is 13.8. The van der Waals surface area contributed by atoms with Gasteiger partial charge >= 0.3 is 0 Å². The molecule has 0 atom stereocenters. The van der Waals surface area contributed by atoms with Crippen LogP contribution in [0.15, 0.2) is 47.4 Å². The molecule has 0 radical (unpaired) electrons. The molecular weight excluding hydrogens is 433 g/mol. The van der Waals surface area contributed by atoms with E-state index in [0.717, 1.165) is 5.56 Å². The topological polar surface area (TPSA) is 69.7 Å². The molecule has 156 valence electrons. The molecule has 2 aromatic carbocycles. The minimum absolute atomic E-state index is 0.175. The van der Waals surface area contributed by atoms with Crippen molar-refractivity contribution in [3.8, 4) is 0 Å². The lowest BCUT2D eigenvalue weighted by atomic mass is 10.1. The average molecular weight is 456 g/mol. The summed E-state index contributed by atoms with van der Waals surface area (Å²) in [4.78, 5) is 14.5. The van der Waals surface area contributed by atoms with Crippen molar-refractivity contribution >= 4 is 44.8 Å². The van der Waals surface area contributed by atoms with Gasteiger partial charge in [-0.2, -0.15) is 4.31 Å². The summed E-state index contributed by atoms with van der Waals surface area (Å²) < 4.78 is 27.0. The number of aryl methyl sites for hydroxylation is 1. The molecule has 1 aliphatic heterocycles. The van der Waals surface area contributed by atoms with E-state index in [0.29, 0.717) is 48.3 Å². The van der Waals surface area contributed by atoms with Gasteiger partial charge < -0.3 is 10.2 Å². The number of nitrogens with zero attached hydrogens (tertiary/aromatic N) is 2. The van der Waals surface area contributed by atoms with Gasteiger partial charge in [0.2, 0.25) is 15.9 Å². The summed E-state index contributed by atoms with van der Waals surface area (Å²) in [6.07, 6.45) is 0.737. The van der Waals surface area contributed by atoms with Crippen LogP contribution in [0.4, 0.5) is 5.69 Å². The lowest BCUT2D eigenvalue weighted by molar-refractivity contribution is -0.116. The summed E-state index contributed by atoms with van der Waals surface area (Å²) in [7, 11) is -1.54. The molecule has 1 fully saturated rings. The first-order valence-corrected chi connectivity index (χ1v) is 11.5. The van der Waals surface area contributed by atoms with Crippen molar-refractivity contribution in [2.24, 2.45) is 0 Å². The molecule has 1 saturated heterocycles. The van der Waals surface area contributed by atoms with E-state index >= 15 is 0 Å². The van der Waals surface area contributed by atoms with Gasteiger partial charge in [0.25, 0.3) is 0 Å². The summed E-state index contributed by atoms with van der Waals surface area (Å²) in [6, 6.07) is 11.5. The number of anilines is 1. The Hall–Kier alpha value is -1.64. The predicted molar refractivity (Wildman–Crippen MR) is 116 cm³/mol. The first-order valence-electron chi connectivity index (χ1n) is 9.28. The zero-order chi connectivity index (χ0) is 21.0. The number of halogens is 2. The summed E-state index contributed by atoms with van der Waals surface area (Å²) in [5.74, 6) is -0.175. The standard InChI is InChI=1S/C20H23Cl2N3O3S/c1-24-10-12-25(13-11-24)29(27,28)18-7-5-17(6-8-18)23-20(26)9-3-15-2-4-16(21)14-19(15)22/h2,4-8,14H,3,9-13H2,1H3,(H,23,26). The van der Waals surface area contributed by atoms with Crippen LogP contribution in [0.5, 0.6) is 0 Å². The fourth-order valence-electron chi connectivity index (χ4n) is 3.08. The van der Waals surface area contributed by atoms with Crippen LogP contribution in [0.3, 0.4) is 0 Å². The molecule has 0 aliphatic carbocycles. The highest BCUT2D eigenvalue weighted by Crippen LogP contribution is 2.23. The van der Waals surface area contributed by atoms with Gasteiger partial charge in [0.05, 0.1) is 4.90 Å². The van der Waals surface area contributed by atoms with Crippen LogP contribution in [0.25, 0.3) is 0 Å². The monoisotopic (exact) mass is 455 g/mol. The zero-order valence-corrected chi connectivity index (χ0v) is 18.4. The number of nitrogens with one attached hydrogen (secondary N) is 1. The Kier molecular flexibility index (Phi) is 7.19. The molecule has 29 heavy (non-hydrogen) atoms. The third kappa shape index (κ3) is 5.71. The number of hydrogen-bond donors (Lipinski definition) is 1. The number of hydrogen-bond acceptors (Lipinski definition) is 4. The molecule has 0 spiro atoms. The molecule has 1 N–H and O–H groups in total. The first kappa shape index (κ1) is 22.1. The maximum Gasteiger partial charge on any atom is 0.243 e. The predicted octanol–water partition coefficient (Wildman–Crippen LogP) is 3.50. The highest BCUT2D eigenvalue weighted by atomic mass is 35.5. The Morgan fingerprint density at radius 1 is 1.03 bits per heavy atom. The van der Waals surface area contributed by atoms with Crippen molar-refractivity contribution < 1.29 is 13.2 Å². The normalized spacial score (nSPS) is 16.0. The summed E-state index contributed by atoms with van der Waals surface area (Å²) in [6.45, 7) is 2.38. The van der Waals surface area contributed by atoms with Gasteiger partial charge in [0, 0.05) is 48.3 Å². The minimum atomic E-state index is -3.52. The van der Waals surface area contributed by atoms with E-state index in [1.807, 2.05) is 7.05 Å². The number of piperazine rings is 1. The molecule has 2 aromatic rings. The van der Waals surface area contributed by atoms with Gasteiger partial charge in [-0.1, -0.05) is 29.3 Å². The van der Waals surface area contributed by atoms with Gasteiger partial charge in [-0.25, -0.2) is 8.42 Å². The Bertz CT molecular complexity index is 973. The third-order valence-electron chi connectivity index (χ3n) is 4.87. The van der Waals surface area contributed by atoms with Crippen molar-refractivity contribution in [3.63, 3.8) is 0 Å². The highest BCUT2D eigenvalue weighted by molar-refractivity contribution is 7.89. The smallest absolute Gasteiger partial charge is 0.243 e. The molecule has 0 saturated carbocycles. The number of benzene rings is 2. The van der Waals surface area contributed by atoms with Crippen LogP contribution < -0.4 is 5.32 Å². The zero-order valence-electron chi connectivity index (χ0n) is 16.1. The minimum Gasteiger partial charge on any atom is -0.326 e. The fourth-order valence-corrected chi connectivity index (χ4v) is 5.01. The van der Waals surface area contributed by atoms with Crippen molar-refractivity contribution in [2.75, 3.05) is 38.5 Å². The van der Waals surface area contributed by atoms with Crippen molar-refractivity contribution in [1.82, 2.24) is 9.21 Å². The molecule has 3 rings (SSSR count). The number of carbonyl (C=O) groups excluding carboxylic acids is 1. The highest BCUT2D eigenvalue weighted by Gasteiger charge is 2.27. The van der Waals surface area contributed by atoms with Crippen molar-refractivity contribution in [1.29, 1.82) is 0 Å². The van der Waals surface area contributed by atoms with Crippen molar-refractivity contribution in [3.05, 3.63) is 58.1 Å². The van der Waals surface area contributed by atoms with E-state index in [9.17, 15) is 13.2 Å². The SMILES string of the molecule is CN1CCN(S(=O)(=O)c2ccc(NC(=O)CCc3ccc(Cl)cc3Cl)cc2)CC1. The van der Waals surface area contributed by atoms with Gasteiger partial charge in [0.1, 0.15) is 0 Å². The fraction of sp³-hybridized carbons (Fsp3) is 0.350. The molecular formula is C20H23Cl2N3O3S. The molecule has 0 unspecified atom stereocenters. The van der Waals surface area contributed by atoms with E-state index in [1.165, 1.54) is 16.4 Å². The number of carbonyl (C=O) groups is 1. The van der Waals surface area contributed by atoms with E-state index in [-0.39, 0.29) is 17.2 Å². The molecule has 9 heteroatoms. The van der Waals surface area contributed by atoms with E-state index in [2.05, 4.69) is 10.2 Å². The molecule has 1 aliphatic rings. The molecule has 1 amide bonds. The second-order valence-electron chi connectivity index (χ2n) is 7.02. The van der Waals surface area contributed by atoms with E-state index in [4.69, 9.17) is 23.2 Å². The Labute approximate surface area is 181 Å². The number of amides is 1. The lowest BCUT2D eigenvalue weighted by Gasteiger charge is -2.31. The second-order valence-corrected chi connectivity index (χ2v) is 9.80. The van der Waals surface area contributed by atoms with Crippen LogP contribution in [0.1, 0.15) is 12.0 Å². The van der Waals surface area contributed by atoms with Crippen molar-refractivity contribution in [2.45, 2.75) is 17.7 Å². The summed E-state index contributed by atoms with van der Waals surface area (Å²) >= 11 is 12.0. The van der Waals surface area contributed by atoms with Crippen LogP contribution in [-0.2, 0) is 21.2 Å². The number of sulfonamides is 1. The van der Waals surface area contributed by atoms with Crippen LogP contribution in [-0.4, -0.2) is 56.8 Å². The van der Waals surface area contributed by atoms with Crippen LogP contribution in [0.2, 0.25) is 10.0 Å². The average Bonchev–Trinajstić information content (AvgIpc) is 2.68. The van der Waals surface area contributed by atoms with E-state index in [1.54, 1.807) is 30.3 Å². The molecule has 1 heterocycles.